The van der Waals surface area contributed by atoms with Crippen molar-refractivity contribution in [1.29, 1.82) is 0 Å². The number of amides is 1. The summed E-state index contributed by atoms with van der Waals surface area (Å²) in [4.78, 5) is 13.7. The van der Waals surface area contributed by atoms with Crippen molar-refractivity contribution in [2.75, 3.05) is 19.6 Å². The highest BCUT2D eigenvalue weighted by atomic mass is 19.2. The molecule has 0 saturated heterocycles. The summed E-state index contributed by atoms with van der Waals surface area (Å²) >= 11 is 0. The molecule has 0 bridgehead atoms. The van der Waals surface area contributed by atoms with Crippen LogP contribution in [0.4, 0.5) is 8.78 Å². The van der Waals surface area contributed by atoms with Gasteiger partial charge in [0.25, 0.3) is 5.91 Å². The Morgan fingerprint density at radius 1 is 1.37 bits per heavy atom. The van der Waals surface area contributed by atoms with Gasteiger partial charge in [-0.3, -0.25) is 4.79 Å². The summed E-state index contributed by atoms with van der Waals surface area (Å²) in [5, 5.41) is 0. The van der Waals surface area contributed by atoms with Gasteiger partial charge < -0.3 is 10.6 Å². The van der Waals surface area contributed by atoms with E-state index < -0.39 is 17.5 Å². The smallest absolute Gasteiger partial charge is 0.256 e. The molecule has 0 unspecified atom stereocenters. The molecule has 0 aliphatic heterocycles. The molecular formula is C14H20F2N2O. The Balaban J connectivity index is 2.99. The zero-order valence-electron chi connectivity index (χ0n) is 11.5. The fourth-order valence-electron chi connectivity index (χ4n) is 1.75. The first-order valence-corrected chi connectivity index (χ1v) is 6.25. The quantitative estimate of drug-likeness (QED) is 0.893. The molecule has 1 aromatic carbocycles. The predicted molar refractivity (Wildman–Crippen MR) is 70.8 cm³/mol. The first kappa shape index (κ1) is 15.6. The van der Waals surface area contributed by atoms with Crippen molar-refractivity contribution in [2.24, 2.45) is 11.1 Å². The van der Waals surface area contributed by atoms with Crippen LogP contribution >= 0.6 is 0 Å². The van der Waals surface area contributed by atoms with E-state index in [1.807, 2.05) is 13.8 Å². The average Bonchev–Trinajstić information content (AvgIpc) is 2.38. The molecule has 106 valence electrons. The Morgan fingerprint density at radius 3 is 2.53 bits per heavy atom. The average molecular weight is 270 g/mol. The molecule has 0 aromatic heterocycles. The molecule has 1 amide bonds. The van der Waals surface area contributed by atoms with Gasteiger partial charge in [-0.25, -0.2) is 8.78 Å². The van der Waals surface area contributed by atoms with Gasteiger partial charge in [-0.05, 0) is 31.0 Å². The van der Waals surface area contributed by atoms with Crippen LogP contribution in [0.1, 0.15) is 31.1 Å². The van der Waals surface area contributed by atoms with Gasteiger partial charge >= 0.3 is 0 Å². The number of benzene rings is 1. The molecule has 3 nitrogen and oxygen atoms in total. The monoisotopic (exact) mass is 270 g/mol. The van der Waals surface area contributed by atoms with E-state index in [1.54, 1.807) is 6.92 Å². The molecule has 0 atom stereocenters. The number of carbonyl (C=O) groups is 1. The highest BCUT2D eigenvalue weighted by Crippen LogP contribution is 2.19. The van der Waals surface area contributed by atoms with E-state index in [9.17, 15) is 13.6 Å². The molecule has 2 N–H and O–H groups in total. The first-order chi connectivity index (χ1) is 8.82. The normalized spacial score (nSPS) is 11.5. The lowest BCUT2D eigenvalue weighted by Gasteiger charge is -2.31. The number of nitrogens with two attached hydrogens (primary N) is 1. The third kappa shape index (κ3) is 3.73. The van der Waals surface area contributed by atoms with E-state index in [1.165, 1.54) is 17.0 Å². The third-order valence-corrected chi connectivity index (χ3v) is 3.02. The SMILES string of the molecule is CCN(CC(C)(C)CN)C(=O)c1cccc(F)c1F. The Bertz CT molecular complexity index is 461. The minimum atomic E-state index is -1.10. The van der Waals surface area contributed by atoms with Crippen molar-refractivity contribution in [3.05, 3.63) is 35.4 Å². The number of nitrogens with zero attached hydrogens (tertiary/aromatic N) is 1. The van der Waals surface area contributed by atoms with Crippen LogP contribution in [0.5, 0.6) is 0 Å². The molecule has 0 radical (unpaired) electrons. The summed E-state index contributed by atoms with van der Waals surface area (Å²) in [6.07, 6.45) is 0. The van der Waals surface area contributed by atoms with Crippen molar-refractivity contribution in [3.8, 4) is 0 Å². The van der Waals surface area contributed by atoms with E-state index in [0.29, 0.717) is 19.6 Å². The molecule has 0 aliphatic carbocycles. The molecule has 0 saturated carbocycles. The molecule has 0 spiro atoms. The summed E-state index contributed by atoms with van der Waals surface area (Å²) in [5.41, 5.74) is 5.12. The second-order valence-corrected chi connectivity index (χ2v) is 5.29. The van der Waals surface area contributed by atoms with Gasteiger partial charge in [-0.15, -0.1) is 0 Å². The maximum Gasteiger partial charge on any atom is 0.256 e. The lowest BCUT2D eigenvalue weighted by Crippen LogP contribution is -2.42. The van der Waals surface area contributed by atoms with Gasteiger partial charge in [-0.1, -0.05) is 19.9 Å². The number of carbonyl (C=O) groups excluding carboxylic acids is 1. The predicted octanol–water partition coefficient (Wildman–Crippen LogP) is 2.41. The van der Waals surface area contributed by atoms with Crippen LogP contribution in [-0.4, -0.2) is 30.4 Å². The molecule has 5 heteroatoms. The summed E-state index contributed by atoms with van der Waals surface area (Å²) in [6, 6.07) is 3.61. The Kier molecular flexibility index (Phi) is 5.00. The largest absolute Gasteiger partial charge is 0.338 e. The minimum absolute atomic E-state index is 0.241. The van der Waals surface area contributed by atoms with Crippen LogP contribution < -0.4 is 5.73 Å². The Morgan fingerprint density at radius 2 is 2.00 bits per heavy atom. The van der Waals surface area contributed by atoms with E-state index in [0.717, 1.165) is 6.07 Å². The van der Waals surface area contributed by atoms with Crippen molar-refractivity contribution >= 4 is 5.91 Å². The molecule has 19 heavy (non-hydrogen) atoms. The van der Waals surface area contributed by atoms with E-state index in [-0.39, 0.29) is 11.0 Å². The van der Waals surface area contributed by atoms with E-state index in [2.05, 4.69) is 0 Å². The molecule has 0 heterocycles. The number of halogens is 2. The lowest BCUT2D eigenvalue weighted by atomic mass is 9.93. The molecular weight excluding hydrogens is 250 g/mol. The standard InChI is InChI=1S/C14H20F2N2O/c1-4-18(9-14(2,3)8-17)13(19)10-6-5-7-11(15)12(10)16/h5-7H,4,8-9,17H2,1-3H3. The first-order valence-electron chi connectivity index (χ1n) is 6.25. The number of hydrogen-bond acceptors (Lipinski definition) is 2. The summed E-state index contributed by atoms with van der Waals surface area (Å²) < 4.78 is 26.8. The fourth-order valence-corrected chi connectivity index (χ4v) is 1.75. The number of rotatable bonds is 5. The maximum atomic E-state index is 13.6. The molecule has 1 aromatic rings. The van der Waals surface area contributed by atoms with Gasteiger partial charge in [0.2, 0.25) is 0 Å². The van der Waals surface area contributed by atoms with Gasteiger partial charge in [0.05, 0.1) is 5.56 Å². The summed E-state index contributed by atoms with van der Waals surface area (Å²) in [7, 11) is 0. The van der Waals surface area contributed by atoms with Crippen molar-refractivity contribution in [2.45, 2.75) is 20.8 Å². The van der Waals surface area contributed by atoms with Crippen molar-refractivity contribution in [3.63, 3.8) is 0 Å². The second-order valence-electron chi connectivity index (χ2n) is 5.29. The van der Waals surface area contributed by atoms with Crippen LogP contribution in [0.15, 0.2) is 18.2 Å². The van der Waals surface area contributed by atoms with Gasteiger partial charge in [0, 0.05) is 13.1 Å². The minimum Gasteiger partial charge on any atom is -0.338 e. The fraction of sp³-hybridized carbons (Fsp3) is 0.500. The van der Waals surface area contributed by atoms with Crippen LogP contribution in [0.25, 0.3) is 0 Å². The van der Waals surface area contributed by atoms with Crippen LogP contribution in [0, 0.1) is 17.0 Å². The lowest BCUT2D eigenvalue weighted by molar-refractivity contribution is 0.0695. The topological polar surface area (TPSA) is 46.3 Å². The van der Waals surface area contributed by atoms with Crippen LogP contribution in [-0.2, 0) is 0 Å². The van der Waals surface area contributed by atoms with Gasteiger partial charge in [0.15, 0.2) is 11.6 Å². The van der Waals surface area contributed by atoms with Crippen molar-refractivity contribution < 1.29 is 13.6 Å². The number of hydrogen-bond donors (Lipinski definition) is 1. The Labute approximate surface area is 112 Å². The van der Waals surface area contributed by atoms with Crippen LogP contribution in [0.3, 0.4) is 0 Å². The van der Waals surface area contributed by atoms with Crippen molar-refractivity contribution in [1.82, 2.24) is 4.90 Å². The molecule has 1 rings (SSSR count). The van der Waals surface area contributed by atoms with E-state index >= 15 is 0 Å². The zero-order valence-corrected chi connectivity index (χ0v) is 11.5. The highest BCUT2D eigenvalue weighted by molar-refractivity contribution is 5.94. The molecule has 0 fully saturated rings. The van der Waals surface area contributed by atoms with E-state index in [4.69, 9.17) is 5.73 Å². The third-order valence-electron chi connectivity index (χ3n) is 3.02. The highest BCUT2D eigenvalue weighted by Gasteiger charge is 2.25. The summed E-state index contributed by atoms with van der Waals surface area (Å²) in [5.74, 6) is -2.63. The second kappa shape index (κ2) is 6.10. The summed E-state index contributed by atoms with van der Waals surface area (Å²) in [6.45, 7) is 6.85. The van der Waals surface area contributed by atoms with Gasteiger partial charge in [0.1, 0.15) is 0 Å². The van der Waals surface area contributed by atoms with Crippen LogP contribution in [0.2, 0.25) is 0 Å². The zero-order chi connectivity index (χ0) is 14.6. The Hall–Kier alpha value is -1.49. The maximum absolute atomic E-state index is 13.6. The van der Waals surface area contributed by atoms with Gasteiger partial charge in [-0.2, -0.15) is 0 Å². The molecule has 0 aliphatic rings.